The Hall–Kier alpha value is -4.28. The Morgan fingerprint density at radius 1 is 1.09 bits per heavy atom. The summed E-state index contributed by atoms with van der Waals surface area (Å²) >= 11 is 5.92. The molecule has 8 heteroatoms. The number of rotatable bonds is 5. The van der Waals surface area contributed by atoms with Gasteiger partial charge in [0.05, 0.1) is 11.4 Å². The van der Waals surface area contributed by atoms with Crippen molar-refractivity contribution < 1.29 is 9.21 Å². The van der Waals surface area contributed by atoms with Gasteiger partial charge in [-0.1, -0.05) is 29.8 Å². The number of nitrogens with zero attached hydrogens (tertiary/aromatic N) is 3. The van der Waals surface area contributed by atoms with Crippen molar-refractivity contribution in [3.8, 4) is 23.1 Å². The van der Waals surface area contributed by atoms with E-state index in [4.69, 9.17) is 16.0 Å². The number of benzene rings is 2. The number of halogens is 1. The van der Waals surface area contributed by atoms with Crippen LogP contribution in [0.15, 0.2) is 81.5 Å². The van der Waals surface area contributed by atoms with E-state index < -0.39 is 11.5 Å². The summed E-state index contributed by atoms with van der Waals surface area (Å²) in [5, 5.41) is 12.7. The standard InChI is InChI=1S/C25H19ClN4O3/c1-16-23(25(32)30(29(16)2)20-6-4-3-5-7-20)28-24(31)18(15-27)14-21-12-13-22(33-21)17-8-10-19(26)11-9-17/h3-14H,1-2H3,(H,28,31)/b18-14+. The van der Waals surface area contributed by atoms with E-state index in [1.807, 2.05) is 36.4 Å². The molecule has 2 aromatic carbocycles. The van der Waals surface area contributed by atoms with Crippen molar-refractivity contribution in [3.63, 3.8) is 0 Å². The number of nitriles is 1. The third-order valence-electron chi connectivity index (χ3n) is 5.20. The van der Waals surface area contributed by atoms with Crippen LogP contribution in [0.3, 0.4) is 0 Å². The number of amides is 1. The maximum Gasteiger partial charge on any atom is 0.295 e. The second-order valence-electron chi connectivity index (χ2n) is 7.27. The number of nitrogens with one attached hydrogen (secondary N) is 1. The van der Waals surface area contributed by atoms with Crippen LogP contribution in [-0.4, -0.2) is 15.3 Å². The van der Waals surface area contributed by atoms with E-state index in [1.165, 1.54) is 10.8 Å². The highest BCUT2D eigenvalue weighted by atomic mass is 35.5. The van der Waals surface area contributed by atoms with Crippen LogP contribution >= 0.6 is 11.6 Å². The Kier molecular flexibility index (Phi) is 6.03. The van der Waals surface area contributed by atoms with Crippen LogP contribution in [0.1, 0.15) is 11.5 Å². The molecule has 0 fully saturated rings. The van der Waals surface area contributed by atoms with Crippen LogP contribution < -0.4 is 10.9 Å². The maximum absolute atomic E-state index is 13.0. The number of para-hydroxylation sites is 1. The molecule has 4 rings (SSSR count). The molecule has 0 aliphatic rings. The Morgan fingerprint density at radius 2 is 1.79 bits per heavy atom. The lowest BCUT2D eigenvalue weighted by Gasteiger charge is -2.07. The molecule has 0 saturated heterocycles. The number of anilines is 1. The highest BCUT2D eigenvalue weighted by Gasteiger charge is 2.20. The highest BCUT2D eigenvalue weighted by molar-refractivity contribution is 6.30. The lowest BCUT2D eigenvalue weighted by Crippen LogP contribution is -2.23. The Labute approximate surface area is 194 Å². The molecule has 0 atom stereocenters. The van der Waals surface area contributed by atoms with Gasteiger partial charge in [0.1, 0.15) is 28.9 Å². The van der Waals surface area contributed by atoms with Crippen LogP contribution in [0.5, 0.6) is 0 Å². The fraction of sp³-hybridized carbons (Fsp3) is 0.0800. The van der Waals surface area contributed by atoms with E-state index in [0.29, 0.717) is 27.9 Å². The van der Waals surface area contributed by atoms with Crippen molar-refractivity contribution in [3.05, 3.63) is 99.1 Å². The molecular formula is C25H19ClN4O3. The molecule has 0 spiro atoms. The quantitative estimate of drug-likeness (QED) is 0.338. The van der Waals surface area contributed by atoms with E-state index in [1.54, 1.807) is 55.1 Å². The first-order chi connectivity index (χ1) is 15.9. The zero-order valence-corrected chi connectivity index (χ0v) is 18.6. The van der Waals surface area contributed by atoms with Gasteiger partial charge in [0.25, 0.3) is 11.5 Å². The van der Waals surface area contributed by atoms with Crippen molar-refractivity contribution >= 4 is 29.3 Å². The number of hydrogen-bond donors (Lipinski definition) is 1. The van der Waals surface area contributed by atoms with E-state index >= 15 is 0 Å². The summed E-state index contributed by atoms with van der Waals surface area (Å²) in [5.74, 6) is 0.200. The zero-order valence-electron chi connectivity index (χ0n) is 17.9. The summed E-state index contributed by atoms with van der Waals surface area (Å²) in [6.07, 6.45) is 1.34. The third-order valence-corrected chi connectivity index (χ3v) is 5.45. The molecule has 0 bridgehead atoms. The van der Waals surface area contributed by atoms with E-state index in [9.17, 15) is 14.9 Å². The van der Waals surface area contributed by atoms with Gasteiger partial charge in [0, 0.05) is 23.7 Å². The lowest BCUT2D eigenvalue weighted by atomic mass is 10.2. The SMILES string of the molecule is Cc1c(NC(=O)/C(C#N)=C/c2ccc(-c3ccc(Cl)cc3)o2)c(=O)n(-c2ccccc2)n1C. The molecular weight excluding hydrogens is 440 g/mol. The molecule has 0 aliphatic heterocycles. The summed E-state index contributed by atoms with van der Waals surface area (Å²) in [6, 6.07) is 21.5. The average Bonchev–Trinajstić information content (AvgIpc) is 3.37. The fourth-order valence-electron chi connectivity index (χ4n) is 3.38. The number of carbonyl (C=O) groups is 1. The van der Waals surface area contributed by atoms with Crippen molar-refractivity contribution in [1.29, 1.82) is 5.26 Å². The normalized spacial score (nSPS) is 11.3. The molecule has 0 radical (unpaired) electrons. The van der Waals surface area contributed by atoms with Crippen molar-refractivity contribution in [2.45, 2.75) is 6.92 Å². The van der Waals surface area contributed by atoms with E-state index in [0.717, 1.165) is 5.56 Å². The van der Waals surface area contributed by atoms with Gasteiger partial charge in [-0.25, -0.2) is 4.68 Å². The molecule has 33 heavy (non-hydrogen) atoms. The molecule has 4 aromatic rings. The van der Waals surface area contributed by atoms with Gasteiger partial charge in [-0.05, 0) is 55.5 Å². The Bertz CT molecular complexity index is 1450. The van der Waals surface area contributed by atoms with Gasteiger partial charge in [-0.3, -0.25) is 14.3 Å². The molecule has 0 aliphatic carbocycles. The first-order valence-corrected chi connectivity index (χ1v) is 10.4. The Morgan fingerprint density at radius 3 is 2.45 bits per heavy atom. The number of hydrogen-bond acceptors (Lipinski definition) is 4. The average molecular weight is 459 g/mol. The molecule has 1 amide bonds. The van der Waals surface area contributed by atoms with Crippen LogP contribution in [-0.2, 0) is 11.8 Å². The van der Waals surface area contributed by atoms with Crippen molar-refractivity contribution in [2.24, 2.45) is 7.05 Å². The second-order valence-corrected chi connectivity index (χ2v) is 7.71. The summed E-state index contributed by atoms with van der Waals surface area (Å²) in [5.41, 5.74) is 1.54. The maximum atomic E-state index is 13.0. The van der Waals surface area contributed by atoms with Gasteiger partial charge in [-0.2, -0.15) is 5.26 Å². The topological polar surface area (TPSA) is 93.0 Å². The van der Waals surface area contributed by atoms with E-state index in [-0.39, 0.29) is 11.3 Å². The van der Waals surface area contributed by atoms with Gasteiger partial charge in [-0.15, -0.1) is 0 Å². The van der Waals surface area contributed by atoms with Gasteiger partial charge >= 0.3 is 0 Å². The molecule has 164 valence electrons. The van der Waals surface area contributed by atoms with Crippen LogP contribution in [0.2, 0.25) is 5.02 Å². The summed E-state index contributed by atoms with van der Waals surface area (Å²) in [7, 11) is 1.72. The van der Waals surface area contributed by atoms with Crippen LogP contribution in [0.25, 0.3) is 23.1 Å². The van der Waals surface area contributed by atoms with Gasteiger partial charge in [0.2, 0.25) is 0 Å². The van der Waals surface area contributed by atoms with Crippen molar-refractivity contribution in [2.75, 3.05) is 5.32 Å². The molecule has 0 unspecified atom stereocenters. The predicted molar refractivity (Wildman–Crippen MR) is 127 cm³/mol. The van der Waals surface area contributed by atoms with Crippen LogP contribution in [0.4, 0.5) is 5.69 Å². The minimum absolute atomic E-state index is 0.105. The highest BCUT2D eigenvalue weighted by Crippen LogP contribution is 2.25. The summed E-state index contributed by atoms with van der Waals surface area (Å²) in [6.45, 7) is 1.72. The molecule has 7 nitrogen and oxygen atoms in total. The fourth-order valence-corrected chi connectivity index (χ4v) is 3.51. The Balaban J connectivity index is 1.61. The first kappa shape index (κ1) is 21.9. The van der Waals surface area contributed by atoms with Gasteiger partial charge < -0.3 is 9.73 Å². The smallest absolute Gasteiger partial charge is 0.295 e. The second kappa shape index (κ2) is 9.07. The molecule has 1 N–H and O–H groups in total. The lowest BCUT2D eigenvalue weighted by molar-refractivity contribution is -0.112. The number of aromatic nitrogens is 2. The molecule has 2 heterocycles. The minimum Gasteiger partial charge on any atom is -0.457 e. The summed E-state index contributed by atoms with van der Waals surface area (Å²) < 4.78 is 8.85. The van der Waals surface area contributed by atoms with E-state index in [2.05, 4.69) is 5.32 Å². The minimum atomic E-state index is -0.701. The predicted octanol–water partition coefficient (Wildman–Crippen LogP) is 4.94. The molecule has 0 saturated carbocycles. The first-order valence-electron chi connectivity index (χ1n) is 10.0. The monoisotopic (exact) mass is 458 g/mol. The largest absolute Gasteiger partial charge is 0.457 e. The number of furan rings is 1. The zero-order chi connectivity index (χ0) is 23.5. The summed E-state index contributed by atoms with van der Waals surface area (Å²) in [4.78, 5) is 25.8. The van der Waals surface area contributed by atoms with Crippen LogP contribution in [0, 0.1) is 18.3 Å². The van der Waals surface area contributed by atoms with Crippen molar-refractivity contribution in [1.82, 2.24) is 9.36 Å². The number of carbonyl (C=O) groups excluding carboxylic acids is 1. The van der Waals surface area contributed by atoms with Gasteiger partial charge in [0.15, 0.2) is 0 Å². The third kappa shape index (κ3) is 4.38. The molecule has 2 aromatic heterocycles.